The molecule has 3 atom stereocenters. The van der Waals surface area contributed by atoms with Crippen LogP contribution in [0.15, 0.2) is 115 Å². The van der Waals surface area contributed by atoms with Crippen molar-refractivity contribution in [3.63, 3.8) is 0 Å². The van der Waals surface area contributed by atoms with Gasteiger partial charge >= 0.3 is 21.1 Å². The van der Waals surface area contributed by atoms with Crippen LogP contribution in [0.4, 0.5) is 0 Å². The molecule has 0 aliphatic heterocycles. The Morgan fingerprint density at radius 3 is 2.40 bits per heavy atom. The van der Waals surface area contributed by atoms with Gasteiger partial charge in [-0.25, -0.2) is 4.98 Å². The Bertz CT molecular complexity index is 2360. The Labute approximate surface area is 307 Å². The van der Waals surface area contributed by atoms with Gasteiger partial charge in [-0.3, -0.25) is 4.68 Å². The smallest absolute Gasteiger partial charge is 0.509 e. The van der Waals surface area contributed by atoms with Gasteiger partial charge in [0.1, 0.15) is 11.6 Å². The minimum atomic E-state index is 0. The van der Waals surface area contributed by atoms with Crippen molar-refractivity contribution in [2.75, 3.05) is 7.11 Å². The molecule has 0 fully saturated rings. The maximum Gasteiger partial charge on any atom is 2.00 e. The number of para-hydroxylation sites is 1. The van der Waals surface area contributed by atoms with Crippen LogP contribution in [0.2, 0.25) is 0 Å². The van der Waals surface area contributed by atoms with Gasteiger partial charge in [-0.2, -0.15) is 17.2 Å². The number of ether oxygens (including phenoxy) is 2. The van der Waals surface area contributed by atoms with Crippen molar-refractivity contribution in [1.29, 1.82) is 0 Å². The number of aromatic nitrogens is 4. The Balaban J connectivity index is 0.00000392. The normalized spacial score (nSPS) is 17.4. The van der Waals surface area contributed by atoms with E-state index in [1.54, 1.807) is 13.3 Å². The molecule has 0 amide bonds. The molecule has 1 aliphatic rings. The predicted molar refractivity (Wildman–Crippen MR) is 195 cm³/mol. The second kappa shape index (κ2) is 13.8. The molecular formula is C43H38N4O2Pt. The minimum absolute atomic E-state index is 0. The van der Waals surface area contributed by atoms with Gasteiger partial charge in [-0.1, -0.05) is 72.6 Å². The van der Waals surface area contributed by atoms with Crippen molar-refractivity contribution in [2.24, 2.45) is 5.92 Å². The van der Waals surface area contributed by atoms with E-state index in [4.69, 9.17) is 14.6 Å². The second-order valence-corrected chi connectivity index (χ2v) is 13.1. The molecule has 7 heteroatoms. The Hall–Kier alpha value is -4.93. The summed E-state index contributed by atoms with van der Waals surface area (Å²) in [5, 5.41) is 7.23. The molecule has 0 bridgehead atoms. The summed E-state index contributed by atoms with van der Waals surface area (Å²) in [6, 6.07) is 39.9. The predicted octanol–water partition coefficient (Wildman–Crippen LogP) is 10.2. The number of methoxy groups -OCH3 is 1. The molecule has 1 aliphatic carbocycles. The van der Waals surface area contributed by atoms with Crippen LogP contribution in [0.5, 0.6) is 17.2 Å². The van der Waals surface area contributed by atoms with Crippen LogP contribution >= 0.6 is 0 Å². The molecule has 0 saturated heterocycles. The maximum absolute atomic E-state index is 6.44. The maximum atomic E-state index is 6.44. The van der Waals surface area contributed by atoms with Crippen molar-refractivity contribution in [3.05, 3.63) is 150 Å². The first-order valence-electron chi connectivity index (χ1n) is 16.9. The number of benzene rings is 4. The number of allylic oxidation sites excluding steroid dienone is 2. The number of fused-ring (bicyclic) bond motifs is 3. The van der Waals surface area contributed by atoms with E-state index >= 15 is 0 Å². The Morgan fingerprint density at radius 2 is 1.60 bits per heavy atom. The molecule has 1 unspecified atom stereocenters. The van der Waals surface area contributed by atoms with Gasteiger partial charge in [0.15, 0.2) is 0 Å². The molecule has 252 valence electrons. The Morgan fingerprint density at radius 1 is 0.820 bits per heavy atom. The average molecular weight is 838 g/mol. The van der Waals surface area contributed by atoms with Crippen LogP contribution in [0.3, 0.4) is 0 Å². The van der Waals surface area contributed by atoms with Crippen LogP contribution in [-0.2, 0) is 21.1 Å². The second-order valence-electron chi connectivity index (χ2n) is 13.1. The molecular weight excluding hydrogens is 800 g/mol. The van der Waals surface area contributed by atoms with E-state index in [-0.39, 0.29) is 21.1 Å². The van der Waals surface area contributed by atoms with E-state index in [9.17, 15) is 0 Å². The number of hydrogen-bond acceptors (Lipinski definition) is 4. The van der Waals surface area contributed by atoms with Crippen molar-refractivity contribution in [3.8, 4) is 28.8 Å². The van der Waals surface area contributed by atoms with Gasteiger partial charge in [0.2, 0.25) is 0 Å². The van der Waals surface area contributed by atoms with E-state index in [1.807, 2.05) is 53.2 Å². The van der Waals surface area contributed by atoms with Crippen LogP contribution in [0, 0.1) is 31.9 Å². The van der Waals surface area contributed by atoms with E-state index in [1.165, 1.54) is 16.7 Å². The summed E-state index contributed by atoms with van der Waals surface area (Å²) in [4.78, 5) is 4.67. The number of hydrogen-bond donors (Lipinski definition) is 0. The van der Waals surface area contributed by atoms with Crippen molar-refractivity contribution < 1.29 is 30.5 Å². The Kier molecular flexibility index (Phi) is 9.24. The quantitative estimate of drug-likeness (QED) is 0.119. The van der Waals surface area contributed by atoms with Gasteiger partial charge in [0.05, 0.1) is 12.8 Å². The summed E-state index contributed by atoms with van der Waals surface area (Å²) >= 11 is 0. The molecule has 3 aromatic heterocycles. The third-order valence-electron chi connectivity index (χ3n) is 9.98. The van der Waals surface area contributed by atoms with Crippen LogP contribution in [0.25, 0.3) is 33.3 Å². The van der Waals surface area contributed by atoms with Gasteiger partial charge in [0.25, 0.3) is 0 Å². The monoisotopic (exact) mass is 837 g/mol. The standard InChI is InChI=1S/C43H38N4O2.Pt/c1-27-22-32(31-12-7-6-8-13-31)23-28(2)42(27)43-29(3)45-47(30(43)4)33-14-11-15-35(24-33)49-36-18-19-38-37-16-9-10-17-39(37)46(40(38)25-36)41-26-34(48-5)20-21-44-41;/h6-22,26,28,32,42H,23H2,1-5H3;/q-2;+2/t28-,32-,42?;/m0./s1. The largest absolute Gasteiger partial charge is 2.00 e. The fourth-order valence-electron chi connectivity index (χ4n) is 7.82. The SMILES string of the molecule is COc1ccnc(-n2c3[c-]c(Oc4[c-]c(-n5nc(C)c(C6C(C)=C[C@H](c7ccccc7)C[C@@H]6C)c5C)ccc4)ccc3c3ccccc32)c1.[Pt+2]. The number of pyridine rings is 1. The molecule has 6 nitrogen and oxygen atoms in total. The summed E-state index contributed by atoms with van der Waals surface area (Å²) in [6.45, 7) is 8.96. The summed E-state index contributed by atoms with van der Waals surface area (Å²) < 4.78 is 16.1. The van der Waals surface area contributed by atoms with Crippen LogP contribution in [-0.4, -0.2) is 26.4 Å². The number of rotatable bonds is 7. The zero-order valence-electron chi connectivity index (χ0n) is 28.8. The topological polar surface area (TPSA) is 54.1 Å². The molecule has 4 aromatic carbocycles. The first-order valence-corrected chi connectivity index (χ1v) is 16.9. The van der Waals surface area contributed by atoms with Gasteiger partial charge < -0.3 is 14.0 Å². The van der Waals surface area contributed by atoms with E-state index in [2.05, 4.69) is 104 Å². The first kappa shape index (κ1) is 33.6. The third-order valence-corrected chi connectivity index (χ3v) is 9.98. The number of aryl methyl sites for hydroxylation is 1. The summed E-state index contributed by atoms with van der Waals surface area (Å²) in [5.41, 5.74) is 9.04. The van der Waals surface area contributed by atoms with E-state index < -0.39 is 0 Å². The van der Waals surface area contributed by atoms with Crippen molar-refractivity contribution >= 4 is 21.8 Å². The fourth-order valence-corrected chi connectivity index (χ4v) is 7.82. The molecule has 8 rings (SSSR count). The van der Waals surface area contributed by atoms with Crippen molar-refractivity contribution in [2.45, 2.75) is 46.0 Å². The summed E-state index contributed by atoms with van der Waals surface area (Å²) in [5.74, 6) is 3.92. The molecule has 0 spiro atoms. The molecule has 3 heterocycles. The average Bonchev–Trinajstić information content (AvgIpc) is 3.61. The zero-order valence-corrected chi connectivity index (χ0v) is 31.0. The minimum Gasteiger partial charge on any atom is -0.509 e. The summed E-state index contributed by atoms with van der Waals surface area (Å²) in [6.07, 6.45) is 5.33. The fraction of sp³-hybridized carbons (Fsp3) is 0.209. The molecule has 0 N–H and O–H groups in total. The third kappa shape index (κ3) is 5.96. The zero-order chi connectivity index (χ0) is 33.6. The molecule has 0 radical (unpaired) electrons. The molecule has 50 heavy (non-hydrogen) atoms. The van der Waals surface area contributed by atoms with E-state index in [0.717, 1.165) is 56.9 Å². The first-order chi connectivity index (χ1) is 23.9. The van der Waals surface area contributed by atoms with Gasteiger partial charge in [-0.15, -0.1) is 35.7 Å². The van der Waals surface area contributed by atoms with Crippen molar-refractivity contribution in [1.82, 2.24) is 19.3 Å². The van der Waals surface area contributed by atoms with Gasteiger partial charge in [-0.05, 0) is 61.9 Å². The van der Waals surface area contributed by atoms with Crippen LogP contribution < -0.4 is 9.47 Å². The number of nitrogens with zero attached hydrogens (tertiary/aromatic N) is 4. The summed E-state index contributed by atoms with van der Waals surface area (Å²) in [7, 11) is 1.66. The van der Waals surface area contributed by atoms with Gasteiger partial charge in [0, 0.05) is 52.4 Å². The molecule has 0 saturated carbocycles. The van der Waals surface area contributed by atoms with E-state index in [0.29, 0.717) is 29.3 Å². The van der Waals surface area contributed by atoms with Crippen LogP contribution in [0.1, 0.15) is 54.6 Å². The molecule has 7 aromatic rings.